The molecule has 2 aromatic carbocycles. The lowest BCUT2D eigenvalue weighted by Crippen LogP contribution is -2.24. The number of carbonyl (C=O) groups is 1. The summed E-state index contributed by atoms with van der Waals surface area (Å²) in [5, 5.41) is 3.52. The van der Waals surface area contributed by atoms with E-state index < -0.39 is 0 Å². The maximum absolute atomic E-state index is 12.0. The van der Waals surface area contributed by atoms with Gasteiger partial charge in [-0.1, -0.05) is 65.3 Å². The number of halogens is 1. The molecule has 3 rings (SSSR count). The van der Waals surface area contributed by atoms with Gasteiger partial charge in [0.15, 0.2) is 10.2 Å². The topological polar surface area (TPSA) is 54.9 Å². The molecule has 4 nitrogen and oxygen atoms in total. The second-order valence-electron chi connectivity index (χ2n) is 5.41. The highest BCUT2D eigenvalue weighted by molar-refractivity contribution is 8.01. The fourth-order valence-electron chi connectivity index (χ4n) is 2.18. The quantitative estimate of drug-likeness (QED) is 0.627. The smallest absolute Gasteiger partial charge is 0.230 e. The summed E-state index contributed by atoms with van der Waals surface area (Å²) in [7, 11) is 0. The van der Waals surface area contributed by atoms with Gasteiger partial charge in [-0.25, -0.2) is 4.98 Å². The van der Waals surface area contributed by atoms with E-state index in [4.69, 9.17) is 11.6 Å². The second-order valence-corrected chi connectivity index (χ2v) is 7.79. The summed E-state index contributed by atoms with van der Waals surface area (Å²) in [4.78, 5) is 16.5. The maximum atomic E-state index is 12.0. The van der Waals surface area contributed by atoms with Crippen LogP contribution in [0.15, 0.2) is 52.9 Å². The van der Waals surface area contributed by atoms with Crippen molar-refractivity contribution in [1.29, 1.82) is 0 Å². The van der Waals surface area contributed by atoms with Gasteiger partial charge >= 0.3 is 0 Å². The highest BCUT2D eigenvalue weighted by Gasteiger charge is 2.10. The summed E-state index contributed by atoms with van der Waals surface area (Å²) in [6.07, 6.45) is 0. The van der Waals surface area contributed by atoms with E-state index in [2.05, 4.69) is 14.7 Å². The molecule has 0 unspecified atom stereocenters. The Hall–Kier alpha value is -1.89. The highest BCUT2D eigenvalue weighted by atomic mass is 35.5. The van der Waals surface area contributed by atoms with Crippen LogP contribution in [-0.4, -0.2) is 21.0 Å². The molecule has 0 aliphatic rings. The Morgan fingerprint density at radius 2 is 2.08 bits per heavy atom. The zero-order valence-corrected chi connectivity index (χ0v) is 15.9. The molecule has 0 fully saturated rings. The van der Waals surface area contributed by atoms with Crippen molar-refractivity contribution in [3.05, 3.63) is 64.7 Å². The van der Waals surface area contributed by atoms with Crippen LogP contribution in [0.2, 0.25) is 5.02 Å². The van der Waals surface area contributed by atoms with Crippen molar-refractivity contribution in [2.24, 2.45) is 0 Å². The predicted octanol–water partition coefficient (Wildman–Crippen LogP) is 4.58. The third kappa shape index (κ3) is 5.04. The minimum atomic E-state index is -0.0581. The first-order chi connectivity index (χ1) is 12.1. The first-order valence-electron chi connectivity index (χ1n) is 7.65. The molecule has 7 heteroatoms. The van der Waals surface area contributed by atoms with Crippen LogP contribution in [-0.2, 0) is 11.3 Å². The molecule has 128 valence electrons. The fraction of sp³-hybridized carbons (Fsp3) is 0.167. The van der Waals surface area contributed by atoms with E-state index >= 15 is 0 Å². The lowest BCUT2D eigenvalue weighted by Gasteiger charge is -2.05. The summed E-state index contributed by atoms with van der Waals surface area (Å²) in [5.41, 5.74) is 3.06. The third-order valence-corrected chi connectivity index (χ3v) is 5.65. The van der Waals surface area contributed by atoms with Crippen LogP contribution in [0.1, 0.15) is 11.1 Å². The number of carbonyl (C=O) groups excluding carboxylic acids is 1. The number of hydrogen-bond donors (Lipinski definition) is 1. The standard InChI is InChI=1S/C18H16ClN3OS2/c1-12-5-4-7-13(9-12)17-21-18(25-22-17)24-11-16(23)20-10-14-6-2-3-8-15(14)19/h2-9H,10-11H2,1H3,(H,20,23). The number of amides is 1. The van der Waals surface area contributed by atoms with Crippen molar-refractivity contribution < 1.29 is 4.79 Å². The normalized spacial score (nSPS) is 10.6. The molecule has 0 atom stereocenters. The molecule has 1 heterocycles. The molecule has 1 aromatic heterocycles. The number of aromatic nitrogens is 2. The summed E-state index contributed by atoms with van der Waals surface area (Å²) < 4.78 is 5.15. The third-order valence-electron chi connectivity index (χ3n) is 3.44. The Bertz CT molecular complexity index is 882. The maximum Gasteiger partial charge on any atom is 0.230 e. The zero-order valence-electron chi connectivity index (χ0n) is 13.5. The molecular weight excluding hydrogens is 374 g/mol. The Labute approximate surface area is 159 Å². The summed E-state index contributed by atoms with van der Waals surface area (Å²) in [6, 6.07) is 15.5. The summed E-state index contributed by atoms with van der Waals surface area (Å²) in [5.74, 6) is 0.942. The molecule has 25 heavy (non-hydrogen) atoms. The Balaban J connectivity index is 1.52. The van der Waals surface area contributed by atoms with Crippen molar-refractivity contribution in [2.45, 2.75) is 17.8 Å². The monoisotopic (exact) mass is 389 g/mol. The fourth-order valence-corrected chi connectivity index (χ4v) is 3.83. The Morgan fingerprint density at radius 1 is 1.24 bits per heavy atom. The molecule has 3 aromatic rings. The molecule has 0 aliphatic heterocycles. The van der Waals surface area contributed by atoms with E-state index in [1.807, 2.05) is 55.5 Å². The number of hydrogen-bond acceptors (Lipinski definition) is 5. The van der Waals surface area contributed by atoms with Gasteiger partial charge in [0.25, 0.3) is 0 Å². The average molecular weight is 390 g/mol. The van der Waals surface area contributed by atoms with Crippen LogP contribution in [0.3, 0.4) is 0 Å². The lowest BCUT2D eigenvalue weighted by atomic mass is 10.1. The Morgan fingerprint density at radius 3 is 2.88 bits per heavy atom. The van der Waals surface area contributed by atoms with E-state index in [1.54, 1.807) is 0 Å². The van der Waals surface area contributed by atoms with Gasteiger partial charge in [0.05, 0.1) is 5.75 Å². The van der Waals surface area contributed by atoms with Crippen molar-refractivity contribution in [3.63, 3.8) is 0 Å². The van der Waals surface area contributed by atoms with Gasteiger partial charge < -0.3 is 5.32 Å². The average Bonchev–Trinajstić information content (AvgIpc) is 3.08. The van der Waals surface area contributed by atoms with E-state index in [1.165, 1.54) is 28.9 Å². The van der Waals surface area contributed by atoms with Gasteiger partial charge in [0.2, 0.25) is 5.91 Å². The van der Waals surface area contributed by atoms with E-state index in [0.29, 0.717) is 23.1 Å². The molecule has 1 N–H and O–H groups in total. The van der Waals surface area contributed by atoms with E-state index in [9.17, 15) is 4.79 Å². The summed E-state index contributed by atoms with van der Waals surface area (Å²) in [6.45, 7) is 2.46. The first-order valence-corrected chi connectivity index (χ1v) is 9.79. The van der Waals surface area contributed by atoms with Gasteiger partial charge in [-0.3, -0.25) is 4.79 Å². The van der Waals surface area contributed by atoms with Crippen molar-refractivity contribution in [2.75, 3.05) is 5.75 Å². The SMILES string of the molecule is Cc1cccc(-c2nsc(SCC(=O)NCc3ccccc3Cl)n2)c1. The molecule has 0 spiro atoms. The first kappa shape index (κ1) is 17.9. The molecule has 0 saturated carbocycles. The van der Waals surface area contributed by atoms with Gasteiger partial charge in [0.1, 0.15) is 0 Å². The van der Waals surface area contributed by atoms with Crippen LogP contribution >= 0.6 is 34.9 Å². The second kappa shape index (κ2) is 8.47. The predicted molar refractivity (Wildman–Crippen MR) is 104 cm³/mol. The largest absolute Gasteiger partial charge is 0.351 e. The molecular formula is C18H16ClN3OS2. The highest BCUT2D eigenvalue weighted by Crippen LogP contribution is 2.25. The number of nitrogens with one attached hydrogen (secondary N) is 1. The number of aryl methyl sites for hydroxylation is 1. The number of rotatable bonds is 6. The zero-order chi connectivity index (χ0) is 17.6. The van der Waals surface area contributed by atoms with Crippen LogP contribution in [0.25, 0.3) is 11.4 Å². The van der Waals surface area contributed by atoms with Crippen molar-refractivity contribution in [3.8, 4) is 11.4 Å². The van der Waals surface area contributed by atoms with Crippen LogP contribution in [0, 0.1) is 6.92 Å². The lowest BCUT2D eigenvalue weighted by molar-refractivity contribution is -0.118. The van der Waals surface area contributed by atoms with Gasteiger partial charge in [-0.15, -0.1) is 0 Å². The molecule has 0 aliphatic carbocycles. The van der Waals surface area contributed by atoms with Gasteiger partial charge in [-0.05, 0) is 36.2 Å². The Kier molecular flexibility index (Phi) is 6.07. The molecule has 1 amide bonds. The molecule has 0 bridgehead atoms. The van der Waals surface area contributed by atoms with Crippen LogP contribution < -0.4 is 5.32 Å². The molecule has 0 radical (unpaired) electrons. The minimum Gasteiger partial charge on any atom is -0.351 e. The molecule has 0 saturated heterocycles. The van der Waals surface area contributed by atoms with Gasteiger partial charge in [-0.2, -0.15) is 4.37 Å². The number of thioether (sulfide) groups is 1. The minimum absolute atomic E-state index is 0.0581. The van der Waals surface area contributed by atoms with E-state index in [-0.39, 0.29) is 5.91 Å². The van der Waals surface area contributed by atoms with Gasteiger partial charge in [0, 0.05) is 17.1 Å². The summed E-state index contributed by atoms with van der Waals surface area (Å²) >= 11 is 8.78. The van der Waals surface area contributed by atoms with Crippen LogP contribution in [0.4, 0.5) is 0 Å². The van der Waals surface area contributed by atoms with Crippen LogP contribution in [0.5, 0.6) is 0 Å². The van der Waals surface area contributed by atoms with Crippen molar-refractivity contribution >= 4 is 40.8 Å². The number of nitrogens with zero attached hydrogens (tertiary/aromatic N) is 2. The number of benzene rings is 2. The van der Waals surface area contributed by atoms with Crippen molar-refractivity contribution in [1.82, 2.24) is 14.7 Å². The van der Waals surface area contributed by atoms with E-state index in [0.717, 1.165) is 15.5 Å².